The van der Waals surface area contributed by atoms with Crippen molar-refractivity contribution >= 4 is 5.91 Å². The highest BCUT2D eigenvalue weighted by atomic mass is 16.1. The van der Waals surface area contributed by atoms with Crippen LogP contribution < -0.4 is 11.1 Å². The van der Waals surface area contributed by atoms with E-state index in [1.165, 1.54) is 12.5 Å². The van der Waals surface area contributed by atoms with Crippen molar-refractivity contribution in [2.75, 3.05) is 6.54 Å². The van der Waals surface area contributed by atoms with Crippen molar-refractivity contribution in [1.29, 1.82) is 0 Å². The van der Waals surface area contributed by atoms with Crippen LogP contribution in [0, 0.1) is 0 Å². The van der Waals surface area contributed by atoms with E-state index >= 15 is 0 Å². The Hall–Kier alpha value is -1.36. The van der Waals surface area contributed by atoms with Crippen LogP contribution >= 0.6 is 0 Å². The summed E-state index contributed by atoms with van der Waals surface area (Å²) >= 11 is 0. The molecule has 1 aromatic heterocycles. The molecule has 5 heteroatoms. The zero-order valence-electron chi connectivity index (χ0n) is 7.79. The van der Waals surface area contributed by atoms with Crippen LogP contribution in [0.4, 0.5) is 0 Å². The number of rotatable bonds is 3. The van der Waals surface area contributed by atoms with E-state index in [0.717, 1.165) is 0 Å². The monoisotopic (exact) mass is 182 g/mol. The molecule has 1 heterocycles. The van der Waals surface area contributed by atoms with Crippen LogP contribution in [0.25, 0.3) is 0 Å². The van der Waals surface area contributed by atoms with Crippen LogP contribution in [0.5, 0.6) is 0 Å². The topological polar surface area (TPSA) is 83.8 Å². The van der Waals surface area contributed by atoms with Crippen LogP contribution in [0.3, 0.4) is 0 Å². The van der Waals surface area contributed by atoms with Gasteiger partial charge in [-0.05, 0) is 13.8 Å². The molecule has 4 N–H and O–H groups in total. The summed E-state index contributed by atoms with van der Waals surface area (Å²) in [6.45, 7) is 4.13. The first-order valence-corrected chi connectivity index (χ1v) is 4.04. The molecular weight excluding hydrogens is 168 g/mol. The van der Waals surface area contributed by atoms with E-state index in [1.807, 2.05) is 13.8 Å². The van der Waals surface area contributed by atoms with Gasteiger partial charge in [0.15, 0.2) is 0 Å². The van der Waals surface area contributed by atoms with E-state index in [0.29, 0.717) is 12.2 Å². The Kier molecular flexibility index (Phi) is 2.67. The highest BCUT2D eigenvalue weighted by Crippen LogP contribution is 1.95. The number of nitrogens with one attached hydrogen (secondary N) is 2. The first-order valence-electron chi connectivity index (χ1n) is 4.04. The predicted molar refractivity (Wildman–Crippen MR) is 49.2 cm³/mol. The van der Waals surface area contributed by atoms with Crippen molar-refractivity contribution in [2.24, 2.45) is 5.73 Å². The third kappa shape index (κ3) is 3.25. The maximum Gasteiger partial charge on any atom is 0.269 e. The summed E-state index contributed by atoms with van der Waals surface area (Å²) in [7, 11) is 0. The summed E-state index contributed by atoms with van der Waals surface area (Å²) in [5, 5.41) is 2.69. The maximum absolute atomic E-state index is 11.3. The zero-order chi connectivity index (χ0) is 9.90. The molecule has 0 spiro atoms. The van der Waals surface area contributed by atoms with Gasteiger partial charge < -0.3 is 16.0 Å². The molecule has 0 radical (unpaired) electrons. The van der Waals surface area contributed by atoms with Crippen LogP contribution in [-0.2, 0) is 0 Å². The quantitative estimate of drug-likeness (QED) is 0.609. The van der Waals surface area contributed by atoms with Crippen molar-refractivity contribution in [3.05, 3.63) is 18.2 Å². The summed E-state index contributed by atoms with van der Waals surface area (Å²) in [6.07, 6.45) is 2.93. The molecule has 0 atom stereocenters. The Bertz CT molecular complexity index is 273. The van der Waals surface area contributed by atoms with E-state index in [1.54, 1.807) is 0 Å². The van der Waals surface area contributed by atoms with Crippen molar-refractivity contribution in [3.8, 4) is 0 Å². The number of aromatic nitrogens is 2. The number of carbonyl (C=O) groups excluding carboxylic acids is 1. The molecule has 0 aliphatic heterocycles. The molecular formula is C8H14N4O. The minimum Gasteiger partial charge on any atom is -0.349 e. The number of carbonyl (C=O) groups is 1. The lowest BCUT2D eigenvalue weighted by Gasteiger charge is -2.18. The number of imidazole rings is 1. The average molecular weight is 182 g/mol. The van der Waals surface area contributed by atoms with Gasteiger partial charge in [0, 0.05) is 12.1 Å². The second-order valence-electron chi connectivity index (χ2n) is 3.64. The number of aromatic amines is 1. The molecule has 5 nitrogen and oxygen atoms in total. The van der Waals surface area contributed by atoms with Gasteiger partial charge in [-0.1, -0.05) is 0 Å². The summed E-state index contributed by atoms with van der Waals surface area (Å²) in [4.78, 5) is 17.8. The smallest absolute Gasteiger partial charge is 0.269 e. The van der Waals surface area contributed by atoms with Gasteiger partial charge in [-0.2, -0.15) is 0 Å². The predicted octanol–water partition coefficient (Wildman–Crippen LogP) is -0.123. The van der Waals surface area contributed by atoms with Crippen LogP contribution in [0.2, 0.25) is 0 Å². The molecule has 1 rings (SSSR count). The van der Waals surface area contributed by atoms with Crippen molar-refractivity contribution < 1.29 is 4.79 Å². The molecule has 13 heavy (non-hydrogen) atoms. The minimum absolute atomic E-state index is 0.184. The molecule has 0 aliphatic carbocycles. The zero-order valence-corrected chi connectivity index (χ0v) is 7.79. The number of nitrogens with two attached hydrogens (primary N) is 1. The Morgan fingerprint density at radius 2 is 2.46 bits per heavy atom. The summed E-state index contributed by atoms with van der Waals surface area (Å²) in [6, 6.07) is 0. The van der Waals surface area contributed by atoms with E-state index in [4.69, 9.17) is 5.73 Å². The van der Waals surface area contributed by atoms with E-state index < -0.39 is 5.54 Å². The molecule has 0 saturated carbocycles. The molecule has 0 fully saturated rings. The summed E-state index contributed by atoms with van der Waals surface area (Å²) in [5.41, 5.74) is 5.75. The largest absolute Gasteiger partial charge is 0.349 e. The molecule has 1 aromatic rings. The minimum atomic E-state index is -0.393. The molecule has 0 aromatic carbocycles. The van der Waals surface area contributed by atoms with E-state index in [2.05, 4.69) is 15.3 Å². The van der Waals surface area contributed by atoms with E-state index in [9.17, 15) is 4.79 Å². The molecule has 0 aliphatic rings. The highest BCUT2D eigenvalue weighted by molar-refractivity contribution is 5.91. The normalized spacial score (nSPS) is 11.3. The maximum atomic E-state index is 11.3. The van der Waals surface area contributed by atoms with Crippen LogP contribution in [-0.4, -0.2) is 28.0 Å². The molecule has 0 saturated heterocycles. The highest BCUT2D eigenvalue weighted by Gasteiger charge is 2.13. The van der Waals surface area contributed by atoms with Crippen LogP contribution in [0.15, 0.2) is 12.5 Å². The second kappa shape index (κ2) is 3.57. The van der Waals surface area contributed by atoms with Crippen LogP contribution in [0.1, 0.15) is 24.3 Å². The van der Waals surface area contributed by atoms with Gasteiger partial charge in [0.1, 0.15) is 5.69 Å². The average Bonchev–Trinajstić information content (AvgIpc) is 2.50. The fraction of sp³-hybridized carbons (Fsp3) is 0.500. The third-order valence-corrected chi connectivity index (χ3v) is 1.45. The second-order valence-corrected chi connectivity index (χ2v) is 3.64. The fourth-order valence-electron chi connectivity index (χ4n) is 0.783. The fourth-order valence-corrected chi connectivity index (χ4v) is 0.783. The lowest BCUT2D eigenvalue weighted by atomic mass is 10.1. The molecule has 0 bridgehead atoms. The van der Waals surface area contributed by atoms with Gasteiger partial charge in [0.05, 0.1) is 12.5 Å². The van der Waals surface area contributed by atoms with Gasteiger partial charge in [0.25, 0.3) is 5.91 Å². The van der Waals surface area contributed by atoms with E-state index in [-0.39, 0.29) is 5.91 Å². The molecule has 1 amide bonds. The summed E-state index contributed by atoms with van der Waals surface area (Å²) in [5.74, 6) is -0.184. The van der Waals surface area contributed by atoms with Gasteiger partial charge in [-0.25, -0.2) is 4.98 Å². The standard InChI is InChI=1S/C8H14N4O/c1-8(2,9)4-11-7(13)6-3-10-5-12-6/h3,5H,4,9H2,1-2H3,(H,10,12)(H,11,13). The van der Waals surface area contributed by atoms with Crippen molar-refractivity contribution in [1.82, 2.24) is 15.3 Å². The molecule has 72 valence electrons. The lowest BCUT2D eigenvalue weighted by Crippen LogP contribution is -2.45. The van der Waals surface area contributed by atoms with Gasteiger partial charge in [0.2, 0.25) is 0 Å². The van der Waals surface area contributed by atoms with Crippen molar-refractivity contribution in [3.63, 3.8) is 0 Å². The van der Waals surface area contributed by atoms with Gasteiger partial charge in [-0.3, -0.25) is 4.79 Å². The Morgan fingerprint density at radius 3 is 2.92 bits per heavy atom. The van der Waals surface area contributed by atoms with Gasteiger partial charge in [-0.15, -0.1) is 0 Å². The summed E-state index contributed by atoms with van der Waals surface area (Å²) < 4.78 is 0. The number of hydrogen-bond donors (Lipinski definition) is 3. The Labute approximate surface area is 76.7 Å². The number of hydrogen-bond acceptors (Lipinski definition) is 3. The Balaban J connectivity index is 2.44. The number of amides is 1. The SMILES string of the molecule is CC(C)(N)CNC(=O)c1cnc[nH]1. The lowest BCUT2D eigenvalue weighted by molar-refractivity contribution is 0.0941. The number of H-pyrrole nitrogens is 1. The van der Waals surface area contributed by atoms with Gasteiger partial charge >= 0.3 is 0 Å². The number of nitrogens with zero attached hydrogens (tertiary/aromatic N) is 1. The first-order chi connectivity index (χ1) is 5.99. The first kappa shape index (κ1) is 9.73. The van der Waals surface area contributed by atoms with Crippen molar-refractivity contribution in [2.45, 2.75) is 19.4 Å². The molecule has 0 unspecified atom stereocenters. The third-order valence-electron chi connectivity index (χ3n) is 1.45. The Morgan fingerprint density at radius 1 is 1.77 bits per heavy atom.